The van der Waals surface area contributed by atoms with E-state index in [1.807, 2.05) is 0 Å². The molecular weight excluding hydrogens is 430 g/mol. The van der Waals surface area contributed by atoms with Crippen molar-refractivity contribution in [3.63, 3.8) is 0 Å². The highest BCUT2D eigenvalue weighted by Gasteiger charge is 2.31. The lowest BCUT2D eigenvalue weighted by Gasteiger charge is -2.11. The van der Waals surface area contributed by atoms with Crippen molar-refractivity contribution in [1.29, 1.82) is 0 Å². The van der Waals surface area contributed by atoms with Crippen LogP contribution in [-0.4, -0.2) is 40.5 Å². The molecule has 12 heteroatoms. The fourth-order valence-corrected chi connectivity index (χ4v) is 3.59. The van der Waals surface area contributed by atoms with E-state index < -0.39 is 29.3 Å². The summed E-state index contributed by atoms with van der Waals surface area (Å²) in [6.45, 7) is 1.29. The minimum atomic E-state index is -4.87. The maximum absolute atomic E-state index is 13.1. The van der Waals surface area contributed by atoms with E-state index in [0.717, 1.165) is 16.7 Å². The molecule has 0 N–H and O–H groups in total. The van der Waals surface area contributed by atoms with Crippen LogP contribution in [0.1, 0.15) is 13.3 Å². The maximum Gasteiger partial charge on any atom is 0.573 e. The van der Waals surface area contributed by atoms with Gasteiger partial charge in [-0.1, -0.05) is 12.1 Å². The molecule has 0 atom stereocenters. The van der Waals surface area contributed by atoms with Crippen molar-refractivity contribution in [3.8, 4) is 17.0 Å². The van der Waals surface area contributed by atoms with Crippen LogP contribution in [0.2, 0.25) is 0 Å². The third kappa shape index (κ3) is 4.44. The maximum atomic E-state index is 13.1. The van der Waals surface area contributed by atoms with Crippen LogP contribution >= 0.6 is 0 Å². The SMILES string of the molecule is [B]c1c(-c2cccc(OC(F)(F)F)c2)n(C)c2c(=O)n(CCCOC(C)=O)c(=O)n(C)c12. The Balaban J connectivity index is 2.14. The molecule has 0 aliphatic heterocycles. The molecule has 0 aliphatic carbocycles. The van der Waals surface area contributed by atoms with Crippen LogP contribution in [0.3, 0.4) is 0 Å². The van der Waals surface area contributed by atoms with Gasteiger partial charge in [0.15, 0.2) is 0 Å². The molecule has 1 aromatic carbocycles. The summed E-state index contributed by atoms with van der Waals surface area (Å²) in [5.74, 6) is -0.922. The number of ether oxygens (including phenoxy) is 2. The number of aryl methyl sites for hydroxylation is 2. The van der Waals surface area contributed by atoms with E-state index in [2.05, 4.69) is 4.74 Å². The zero-order valence-electron chi connectivity index (χ0n) is 17.5. The summed E-state index contributed by atoms with van der Waals surface area (Å²) in [6.07, 6.45) is -4.63. The first kappa shape index (κ1) is 23.2. The van der Waals surface area contributed by atoms with Gasteiger partial charge in [0.2, 0.25) is 0 Å². The van der Waals surface area contributed by atoms with Gasteiger partial charge in [0.05, 0.1) is 12.1 Å². The third-order valence-corrected chi connectivity index (χ3v) is 4.88. The van der Waals surface area contributed by atoms with Crippen molar-refractivity contribution in [3.05, 3.63) is 45.1 Å². The van der Waals surface area contributed by atoms with Gasteiger partial charge in [0, 0.05) is 38.8 Å². The minimum Gasteiger partial charge on any atom is -0.466 e. The quantitative estimate of drug-likeness (QED) is 0.323. The minimum absolute atomic E-state index is 0.00402. The fraction of sp³-hybridized carbons (Fsp3) is 0.350. The molecule has 3 aromatic rings. The van der Waals surface area contributed by atoms with E-state index >= 15 is 0 Å². The molecule has 8 nitrogen and oxygen atoms in total. The predicted octanol–water partition coefficient (Wildman–Crippen LogP) is 1.35. The molecule has 0 aliphatic rings. The Bertz CT molecular complexity index is 1310. The monoisotopic (exact) mass is 449 g/mol. The highest BCUT2D eigenvalue weighted by molar-refractivity contribution is 6.42. The first-order valence-electron chi connectivity index (χ1n) is 9.49. The first-order chi connectivity index (χ1) is 14.9. The molecule has 0 saturated carbocycles. The summed E-state index contributed by atoms with van der Waals surface area (Å²) in [4.78, 5) is 36.7. The average Bonchev–Trinajstić information content (AvgIpc) is 2.95. The van der Waals surface area contributed by atoms with Gasteiger partial charge in [-0.05, 0) is 24.0 Å². The molecular formula is C20H19BF3N3O5. The summed E-state index contributed by atoms with van der Waals surface area (Å²) in [7, 11) is 9.21. The summed E-state index contributed by atoms with van der Waals surface area (Å²) >= 11 is 0. The second-order valence-electron chi connectivity index (χ2n) is 7.09. The fourth-order valence-electron chi connectivity index (χ4n) is 3.59. The van der Waals surface area contributed by atoms with Crippen molar-refractivity contribution >= 4 is 30.3 Å². The Morgan fingerprint density at radius 2 is 1.81 bits per heavy atom. The van der Waals surface area contributed by atoms with Crippen molar-refractivity contribution < 1.29 is 27.4 Å². The molecule has 0 unspecified atom stereocenters. The number of carbonyl (C=O) groups is 1. The number of fused-ring (bicyclic) bond motifs is 1. The second-order valence-corrected chi connectivity index (χ2v) is 7.09. The average molecular weight is 449 g/mol. The van der Waals surface area contributed by atoms with Gasteiger partial charge < -0.3 is 14.0 Å². The third-order valence-electron chi connectivity index (χ3n) is 4.88. The molecule has 168 valence electrons. The Morgan fingerprint density at radius 3 is 2.44 bits per heavy atom. The molecule has 0 amide bonds. The summed E-state index contributed by atoms with van der Waals surface area (Å²) in [5.41, 5.74) is -0.369. The predicted molar refractivity (Wildman–Crippen MR) is 111 cm³/mol. The molecule has 0 saturated heterocycles. The number of hydrogen-bond donors (Lipinski definition) is 0. The molecule has 2 aromatic heterocycles. The number of benzene rings is 1. The first-order valence-corrected chi connectivity index (χ1v) is 9.49. The van der Waals surface area contributed by atoms with Crippen LogP contribution in [0.15, 0.2) is 33.9 Å². The number of rotatable bonds is 6. The molecule has 32 heavy (non-hydrogen) atoms. The van der Waals surface area contributed by atoms with Gasteiger partial charge in [-0.25, -0.2) is 4.79 Å². The van der Waals surface area contributed by atoms with Crippen LogP contribution in [0.25, 0.3) is 22.3 Å². The smallest absolute Gasteiger partial charge is 0.466 e. The Morgan fingerprint density at radius 1 is 1.12 bits per heavy atom. The van der Waals surface area contributed by atoms with Crippen LogP contribution in [0, 0.1) is 0 Å². The van der Waals surface area contributed by atoms with Crippen molar-refractivity contribution in [1.82, 2.24) is 13.7 Å². The highest BCUT2D eigenvalue weighted by Crippen LogP contribution is 2.28. The van der Waals surface area contributed by atoms with E-state index in [4.69, 9.17) is 12.6 Å². The number of hydrogen-bond acceptors (Lipinski definition) is 5. The number of aromatic nitrogens is 3. The van der Waals surface area contributed by atoms with E-state index in [0.29, 0.717) is 0 Å². The molecule has 2 heterocycles. The van der Waals surface area contributed by atoms with Crippen LogP contribution in [-0.2, 0) is 30.2 Å². The van der Waals surface area contributed by atoms with Gasteiger partial charge in [-0.3, -0.25) is 18.7 Å². The summed E-state index contributed by atoms with van der Waals surface area (Å²) in [5, 5.41) is 0. The van der Waals surface area contributed by atoms with Gasteiger partial charge >= 0.3 is 18.0 Å². The van der Waals surface area contributed by atoms with E-state index in [1.54, 1.807) is 0 Å². The highest BCUT2D eigenvalue weighted by atomic mass is 19.4. The standard InChI is InChI=1S/C20H19BF3N3O5/c1-11(28)31-9-5-8-27-18(29)17-16(26(3)19(27)30)14(21)15(25(17)2)12-6-4-7-13(10-12)32-20(22,23)24/h4,6-7,10H,5,8-9H2,1-3H3. The number of carbonyl (C=O) groups excluding carboxylic acids is 1. The van der Waals surface area contributed by atoms with E-state index in [1.165, 1.54) is 42.3 Å². The largest absolute Gasteiger partial charge is 0.573 e. The normalized spacial score (nSPS) is 11.7. The van der Waals surface area contributed by atoms with Crippen LogP contribution < -0.4 is 21.4 Å². The van der Waals surface area contributed by atoms with Crippen molar-refractivity contribution in [2.75, 3.05) is 6.61 Å². The van der Waals surface area contributed by atoms with Crippen molar-refractivity contribution in [2.45, 2.75) is 26.3 Å². The molecule has 3 rings (SSSR count). The van der Waals surface area contributed by atoms with E-state index in [-0.39, 0.29) is 47.3 Å². The van der Waals surface area contributed by atoms with Gasteiger partial charge in [-0.2, -0.15) is 0 Å². The number of esters is 1. The van der Waals surface area contributed by atoms with Crippen LogP contribution in [0.5, 0.6) is 5.75 Å². The zero-order chi connectivity index (χ0) is 23.8. The number of halogens is 3. The molecule has 0 bridgehead atoms. The zero-order valence-corrected chi connectivity index (χ0v) is 17.5. The summed E-state index contributed by atoms with van der Waals surface area (Å²) < 4.78 is 50.3. The van der Waals surface area contributed by atoms with Crippen molar-refractivity contribution in [2.24, 2.45) is 14.1 Å². The molecule has 0 fully saturated rings. The van der Waals surface area contributed by atoms with Crippen LogP contribution in [0.4, 0.5) is 13.2 Å². The lowest BCUT2D eigenvalue weighted by atomic mass is 9.91. The second kappa shape index (κ2) is 8.60. The Hall–Kier alpha value is -3.44. The van der Waals surface area contributed by atoms with Gasteiger partial charge in [0.25, 0.3) is 5.56 Å². The lowest BCUT2D eigenvalue weighted by Crippen LogP contribution is -2.40. The Labute approximate surface area is 181 Å². The van der Waals surface area contributed by atoms with Gasteiger partial charge in [0.1, 0.15) is 19.1 Å². The number of nitrogens with zero attached hydrogens (tertiary/aromatic N) is 3. The molecule has 2 radical (unpaired) electrons. The summed E-state index contributed by atoms with van der Waals surface area (Å²) in [6, 6.07) is 5.17. The topological polar surface area (TPSA) is 84.5 Å². The lowest BCUT2D eigenvalue weighted by molar-refractivity contribution is -0.274. The number of alkyl halides is 3. The molecule has 0 spiro atoms. The van der Waals surface area contributed by atoms with E-state index in [9.17, 15) is 27.6 Å². The Kier molecular flexibility index (Phi) is 6.24. The van der Waals surface area contributed by atoms with Gasteiger partial charge in [-0.15, -0.1) is 13.2 Å².